The highest BCUT2D eigenvalue weighted by Gasteiger charge is 2.15. The summed E-state index contributed by atoms with van der Waals surface area (Å²) in [4.78, 5) is 13.2. The number of nitrogens with zero attached hydrogens (tertiary/aromatic N) is 1. The van der Waals surface area contributed by atoms with E-state index in [1.165, 1.54) is 0 Å². The largest absolute Gasteiger partial charge is 0.444 e. The van der Waals surface area contributed by atoms with Crippen LogP contribution in [-0.4, -0.2) is 36.7 Å². The third-order valence-electron chi connectivity index (χ3n) is 1.54. The highest BCUT2D eigenvalue weighted by molar-refractivity contribution is 5.67. The Labute approximate surface area is 92.3 Å². The first-order valence-corrected chi connectivity index (χ1v) is 5.15. The molecule has 0 radical (unpaired) electrons. The summed E-state index contributed by atoms with van der Waals surface area (Å²) in [7, 11) is 1.96. The molecule has 0 aliphatic carbocycles. The summed E-state index contributed by atoms with van der Waals surface area (Å²) >= 11 is 0. The Morgan fingerprint density at radius 1 is 1.47 bits per heavy atom. The van der Waals surface area contributed by atoms with Crippen molar-refractivity contribution in [2.45, 2.75) is 33.3 Å². The normalized spacial score (nSPS) is 11.5. The van der Waals surface area contributed by atoms with Crippen molar-refractivity contribution in [3.05, 3.63) is 12.3 Å². The number of ether oxygens (including phenoxy) is 1. The number of allylic oxidation sites excluding steroid dienone is 1. The van der Waals surface area contributed by atoms with Crippen LogP contribution in [0.15, 0.2) is 12.3 Å². The number of hydrogen-bond acceptors (Lipinski definition) is 3. The molecule has 0 unspecified atom stereocenters. The summed E-state index contributed by atoms with van der Waals surface area (Å²) in [5.74, 6) is 0. The quantitative estimate of drug-likeness (QED) is 0.778. The van der Waals surface area contributed by atoms with Crippen molar-refractivity contribution in [1.82, 2.24) is 10.2 Å². The van der Waals surface area contributed by atoms with Crippen molar-refractivity contribution in [3.63, 3.8) is 0 Å². The van der Waals surface area contributed by atoms with Crippen LogP contribution in [0.4, 0.5) is 4.79 Å². The molecule has 0 aromatic heterocycles. The van der Waals surface area contributed by atoms with Gasteiger partial charge in [-0.3, -0.25) is 0 Å². The third kappa shape index (κ3) is 9.12. The van der Waals surface area contributed by atoms with Crippen LogP contribution in [-0.2, 0) is 4.74 Å². The fourth-order valence-corrected chi connectivity index (χ4v) is 0.978. The van der Waals surface area contributed by atoms with Gasteiger partial charge in [0, 0.05) is 20.1 Å². The zero-order chi connectivity index (χ0) is 11.9. The standard InChI is InChI=1S/C11H22N2O2/c1-6-8-13(5)9-7-12-10(14)15-11(2,3)4/h6,8H,7,9H2,1-5H3,(H,12,14)/b8-6-. The number of rotatable bonds is 4. The van der Waals surface area contributed by atoms with E-state index in [1.54, 1.807) is 0 Å². The van der Waals surface area contributed by atoms with E-state index < -0.39 is 5.60 Å². The molecule has 0 aromatic carbocycles. The first-order chi connectivity index (χ1) is 6.85. The predicted molar refractivity (Wildman–Crippen MR) is 61.7 cm³/mol. The van der Waals surface area contributed by atoms with Gasteiger partial charge in [-0.15, -0.1) is 0 Å². The van der Waals surface area contributed by atoms with E-state index in [2.05, 4.69) is 5.32 Å². The van der Waals surface area contributed by atoms with Crippen molar-refractivity contribution in [2.75, 3.05) is 20.1 Å². The monoisotopic (exact) mass is 214 g/mol. The number of carbonyl (C=O) groups is 1. The summed E-state index contributed by atoms with van der Waals surface area (Å²) in [6.07, 6.45) is 3.54. The molecule has 88 valence electrons. The van der Waals surface area contributed by atoms with Crippen LogP contribution in [0.2, 0.25) is 0 Å². The van der Waals surface area contributed by atoms with Gasteiger partial charge in [-0.05, 0) is 33.9 Å². The molecule has 0 atom stereocenters. The van der Waals surface area contributed by atoms with Crippen LogP contribution in [0.1, 0.15) is 27.7 Å². The van der Waals surface area contributed by atoms with Gasteiger partial charge in [0.05, 0.1) is 0 Å². The van der Waals surface area contributed by atoms with Crippen LogP contribution in [0, 0.1) is 0 Å². The van der Waals surface area contributed by atoms with Crippen molar-refractivity contribution in [2.24, 2.45) is 0 Å². The Balaban J connectivity index is 3.64. The van der Waals surface area contributed by atoms with E-state index in [0.29, 0.717) is 6.54 Å². The maximum absolute atomic E-state index is 11.2. The molecular weight excluding hydrogens is 192 g/mol. The maximum atomic E-state index is 11.2. The van der Waals surface area contributed by atoms with Crippen LogP contribution in [0.25, 0.3) is 0 Å². The van der Waals surface area contributed by atoms with Crippen molar-refractivity contribution >= 4 is 6.09 Å². The second-order valence-electron chi connectivity index (χ2n) is 4.39. The number of carbonyl (C=O) groups excluding carboxylic acids is 1. The molecule has 15 heavy (non-hydrogen) atoms. The van der Waals surface area contributed by atoms with Gasteiger partial charge in [0.25, 0.3) is 0 Å². The SMILES string of the molecule is C/C=C\N(C)CCNC(=O)OC(C)(C)C. The fraction of sp³-hybridized carbons (Fsp3) is 0.727. The van der Waals surface area contributed by atoms with Gasteiger partial charge in [-0.25, -0.2) is 4.79 Å². The lowest BCUT2D eigenvalue weighted by Gasteiger charge is -2.20. The Hall–Kier alpha value is -1.19. The van der Waals surface area contributed by atoms with Gasteiger partial charge in [0.15, 0.2) is 0 Å². The topological polar surface area (TPSA) is 41.6 Å². The molecule has 0 saturated heterocycles. The molecule has 0 spiro atoms. The molecule has 0 aliphatic heterocycles. The van der Waals surface area contributed by atoms with Gasteiger partial charge in [-0.2, -0.15) is 0 Å². The average Bonchev–Trinajstić information content (AvgIpc) is 2.00. The summed E-state index contributed by atoms with van der Waals surface area (Å²) < 4.78 is 5.09. The summed E-state index contributed by atoms with van der Waals surface area (Å²) in [5.41, 5.74) is -0.431. The zero-order valence-corrected chi connectivity index (χ0v) is 10.3. The molecule has 0 fully saturated rings. The minimum Gasteiger partial charge on any atom is -0.444 e. The number of alkyl carbamates (subject to hydrolysis) is 1. The molecule has 1 N–H and O–H groups in total. The lowest BCUT2D eigenvalue weighted by Crippen LogP contribution is -2.36. The second-order valence-corrected chi connectivity index (χ2v) is 4.39. The van der Waals surface area contributed by atoms with Crippen molar-refractivity contribution in [3.8, 4) is 0 Å². The number of hydrogen-bond donors (Lipinski definition) is 1. The Morgan fingerprint density at radius 3 is 2.53 bits per heavy atom. The van der Waals surface area contributed by atoms with Gasteiger partial charge in [0.2, 0.25) is 0 Å². The van der Waals surface area contributed by atoms with Gasteiger partial charge < -0.3 is 15.0 Å². The van der Waals surface area contributed by atoms with E-state index in [-0.39, 0.29) is 6.09 Å². The van der Waals surface area contributed by atoms with Crippen molar-refractivity contribution < 1.29 is 9.53 Å². The summed E-state index contributed by atoms with van der Waals surface area (Å²) in [5, 5.41) is 2.69. The Bertz CT molecular complexity index is 219. The van der Waals surface area contributed by atoms with E-state index in [1.807, 2.05) is 51.9 Å². The first kappa shape index (κ1) is 13.8. The molecular formula is C11H22N2O2. The smallest absolute Gasteiger partial charge is 0.407 e. The van der Waals surface area contributed by atoms with Crippen LogP contribution in [0.3, 0.4) is 0 Å². The van der Waals surface area contributed by atoms with E-state index in [9.17, 15) is 4.79 Å². The summed E-state index contributed by atoms with van der Waals surface area (Å²) in [6, 6.07) is 0. The van der Waals surface area contributed by atoms with Crippen molar-refractivity contribution in [1.29, 1.82) is 0 Å². The van der Waals surface area contributed by atoms with E-state index >= 15 is 0 Å². The minimum atomic E-state index is -0.431. The number of amides is 1. The lowest BCUT2D eigenvalue weighted by atomic mass is 10.2. The highest BCUT2D eigenvalue weighted by atomic mass is 16.6. The molecule has 4 nitrogen and oxygen atoms in total. The molecule has 0 aliphatic rings. The van der Waals surface area contributed by atoms with Gasteiger partial charge in [-0.1, -0.05) is 6.08 Å². The van der Waals surface area contributed by atoms with Gasteiger partial charge in [0.1, 0.15) is 5.60 Å². The van der Waals surface area contributed by atoms with Crippen LogP contribution >= 0.6 is 0 Å². The van der Waals surface area contributed by atoms with Crippen LogP contribution < -0.4 is 5.32 Å². The second kappa shape index (κ2) is 6.32. The lowest BCUT2D eigenvalue weighted by molar-refractivity contribution is 0.0525. The molecule has 4 heteroatoms. The van der Waals surface area contributed by atoms with Gasteiger partial charge >= 0.3 is 6.09 Å². The zero-order valence-electron chi connectivity index (χ0n) is 10.3. The molecule has 0 saturated carbocycles. The highest BCUT2D eigenvalue weighted by Crippen LogP contribution is 2.05. The molecule has 0 bridgehead atoms. The average molecular weight is 214 g/mol. The fourth-order valence-electron chi connectivity index (χ4n) is 0.978. The Morgan fingerprint density at radius 2 is 2.07 bits per heavy atom. The number of likely N-dealkylation sites (N-methyl/N-ethyl adjacent to an activating group) is 1. The van der Waals surface area contributed by atoms with E-state index in [4.69, 9.17) is 4.74 Å². The molecule has 0 aromatic rings. The molecule has 0 heterocycles. The Kier molecular flexibility index (Phi) is 5.82. The van der Waals surface area contributed by atoms with E-state index in [0.717, 1.165) is 6.54 Å². The first-order valence-electron chi connectivity index (χ1n) is 5.15. The van der Waals surface area contributed by atoms with Crippen LogP contribution in [0.5, 0.6) is 0 Å². The summed E-state index contributed by atoms with van der Waals surface area (Å²) in [6.45, 7) is 8.84. The third-order valence-corrected chi connectivity index (χ3v) is 1.54. The molecule has 0 rings (SSSR count). The number of nitrogens with one attached hydrogen (secondary N) is 1. The minimum absolute atomic E-state index is 0.364. The predicted octanol–water partition coefficient (Wildman–Crippen LogP) is 1.98. The maximum Gasteiger partial charge on any atom is 0.407 e. The molecule has 1 amide bonds.